The Morgan fingerprint density at radius 2 is 1.72 bits per heavy atom. The summed E-state index contributed by atoms with van der Waals surface area (Å²) in [5.74, 6) is 0.309. The first-order valence-electron chi connectivity index (χ1n) is 9.92. The van der Waals surface area contributed by atoms with Crippen LogP contribution >= 0.6 is 0 Å². The van der Waals surface area contributed by atoms with Crippen molar-refractivity contribution in [3.63, 3.8) is 0 Å². The molecule has 1 atom stereocenters. The number of rotatable bonds is 5. The van der Waals surface area contributed by atoms with Crippen LogP contribution in [0.1, 0.15) is 44.6 Å². The molecule has 1 unspecified atom stereocenters. The molecule has 1 saturated heterocycles. The molecule has 4 nitrogen and oxygen atoms in total. The minimum Gasteiger partial charge on any atom is -0.341 e. The zero-order valence-corrected chi connectivity index (χ0v) is 15.9. The van der Waals surface area contributed by atoms with E-state index >= 15 is 0 Å². The predicted molar refractivity (Wildman–Crippen MR) is 102 cm³/mol. The highest BCUT2D eigenvalue weighted by molar-refractivity contribution is 5.81. The van der Waals surface area contributed by atoms with Crippen molar-refractivity contribution >= 4 is 5.91 Å². The summed E-state index contributed by atoms with van der Waals surface area (Å²) < 4.78 is 0. The fraction of sp³-hybridized carbons (Fsp3) is 0.667. The molecule has 0 radical (unpaired) electrons. The highest BCUT2D eigenvalue weighted by atomic mass is 16.2. The molecule has 4 heteroatoms. The molecule has 2 aliphatic rings. The van der Waals surface area contributed by atoms with Crippen LogP contribution in [0.3, 0.4) is 0 Å². The van der Waals surface area contributed by atoms with E-state index in [1.165, 1.54) is 37.7 Å². The largest absolute Gasteiger partial charge is 0.341 e. The molecular weight excluding hydrogens is 310 g/mol. The smallest absolute Gasteiger partial charge is 0.239 e. The molecule has 2 fully saturated rings. The van der Waals surface area contributed by atoms with E-state index in [1.807, 2.05) is 11.9 Å². The standard InChI is InChI=1S/C21H33N3O/c1-18(21(25)22(2)20-11-7-4-8-12-20)24-15-13-23(14-16-24)17-19-9-5-3-6-10-19/h3,5-6,9-10,18,20H,4,7-8,11-17H2,1-2H3. The lowest BCUT2D eigenvalue weighted by atomic mass is 9.94. The van der Waals surface area contributed by atoms with Gasteiger partial charge in [0.2, 0.25) is 5.91 Å². The summed E-state index contributed by atoms with van der Waals surface area (Å²) in [4.78, 5) is 19.8. The number of hydrogen-bond acceptors (Lipinski definition) is 3. The highest BCUT2D eigenvalue weighted by Gasteiger charge is 2.30. The Morgan fingerprint density at radius 1 is 1.08 bits per heavy atom. The maximum Gasteiger partial charge on any atom is 0.239 e. The van der Waals surface area contributed by atoms with Gasteiger partial charge >= 0.3 is 0 Å². The van der Waals surface area contributed by atoms with Crippen LogP contribution in [0.4, 0.5) is 0 Å². The SMILES string of the molecule is CC(C(=O)N(C)C1CCCCC1)N1CCN(Cc2ccccc2)CC1. The van der Waals surface area contributed by atoms with Gasteiger partial charge in [0.05, 0.1) is 6.04 Å². The lowest BCUT2D eigenvalue weighted by Gasteiger charge is -2.40. The van der Waals surface area contributed by atoms with Crippen molar-refractivity contribution in [3.8, 4) is 0 Å². The van der Waals surface area contributed by atoms with Crippen LogP contribution in [0.2, 0.25) is 0 Å². The van der Waals surface area contributed by atoms with Gasteiger partial charge in [-0.05, 0) is 25.3 Å². The second-order valence-electron chi connectivity index (χ2n) is 7.71. The first-order valence-corrected chi connectivity index (χ1v) is 9.92. The molecule has 138 valence electrons. The van der Waals surface area contributed by atoms with Gasteiger partial charge in [-0.2, -0.15) is 0 Å². The molecule has 1 aliphatic carbocycles. The van der Waals surface area contributed by atoms with Crippen LogP contribution in [0.25, 0.3) is 0 Å². The van der Waals surface area contributed by atoms with Crippen molar-refractivity contribution in [1.82, 2.24) is 14.7 Å². The number of hydrogen-bond donors (Lipinski definition) is 0. The van der Waals surface area contributed by atoms with Crippen molar-refractivity contribution in [1.29, 1.82) is 0 Å². The lowest BCUT2D eigenvalue weighted by Crippen LogP contribution is -2.55. The van der Waals surface area contributed by atoms with E-state index in [9.17, 15) is 4.79 Å². The number of benzene rings is 1. The predicted octanol–water partition coefficient (Wildman–Crippen LogP) is 2.98. The average molecular weight is 344 g/mol. The molecule has 0 spiro atoms. The van der Waals surface area contributed by atoms with Crippen LogP contribution < -0.4 is 0 Å². The minimum absolute atomic E-state index is 0.00537. The maximum atomic E-state index is 12.9. The maximum absolute atomic E-state index is 12.9. The highest BCUT2D eigenvalue weighted by Crippen LogP contribution is 2.23. The molecular formula is C21H33N3O. The van der Waals surface area contributed by atoms with Gasteiger partial charge < -0.3 is 4.90 Å². The van der Waals surface area contributed by atoms with Crippen LogP contribution in [0.15, 0.2) is 30.3 Å². The quantitative estimate of drug-likeness (QED) is 0.822. The molecule has 25 heavy (non-hydrogen) atoms. The summed E-state index contributed by atoms with van der Waals surface area (Å²) in [6.07, 6.45) is 6.24. The molecule has 0 aromatic heterocycles. The third kappa shape index (κ3) is 4.83. The summed E-state index contributed by atoms with van der Waals surface area (Å²) >= 11 is 0. The molecule has 1 aromatic rings. The number of amides is 1. The van der Waals surface area contributed by atoms with E-state index in [1.54, 1.807) is 0 Å². The second kappa shape index (κ2) is 8.81. The van der Waals surface area contributed by atoms with Gasteiger partial charge in [0.1, 0.15) is 0 Å². The van der Waals surface area contributed by atoms with Gasteiger partial charge in [-0.3, -0.25) is 14.6 Å². The fourth-order valence-corrected chi connectivity index (χ4v) is 4.25. The fourth-order valence-electron chi connectivity index (χ4n) is 4.25. The van der Waals surface area contributed by atoms with E-state index in [-0.39, 0.29) is 6.04 Å². The summed E-state index contributed by atoms with van der Waals surface area (Å²) in [5.41, 5.74) is 1.37. The topological polar surface area (TPSA) is 26.8 Å². The van der Waals surface area contributed by atoms with E-state index in [0.29, 0.717) is 11.9 Å². The first kappa shape index (κ1) is 18.4. The monoisotopic (exact) mass is 343 g/mol. The summed E-state index contributed by atoms with van der Waals surface area (Å²) in [6, 6.07) is 11.1. The molecule has 1 heterocycles. The Balaban J connectivity index is 1.47. The number of carbonyl (C=O) groups excluding carboxylic acids is 1. The van der Waals surface area contributed by atoms with Crippen LogP contribution in [0.5, 0.6) is 0 Å². The number of likely N-dealkylation sites (N-methyl/N-ethyl adjacent to an activating group) is 1. The summed E-state index contributed by atoms with van der Waals surface area (Å²) in [7, 11) is 2.01. The van der Waals surface area contributed by atoms with Crippen LogP contribution in [0, 0.1) is 0 Å². The number of carbonyl (C=O) groups is 1. The van der Waals surface area contributed by atoms with Crippen LogP contribution in [-0.2, 0) is 11.3 Å². The molecule has 1 aliphatic heterocycles. The van der Waals surface area contributed by atoms with Crippen molar-refractivity contribution in [2.75, 3.05) is 33.2 Å². The van der Waals surface area contributed by atoms with Crippen molar-refractivity contribution in [2.24, 2.45) is 0 Å². The Hall–Kier alpha value is -1.39. The van der Waals surface area contributed by atoms with E-state index < -0.39 is 0 Å². The Labute approximate surface area is 152 Å². The molecule has 0 N–H and O–H groups in total. The first-order chi connectivity index (χ1) is 12.1. The van der Waals surface area contributed by atoms with Crippen molar-refractivity contribution in [2.45, 2.75) is 57.7 Å². The van der Waals surface area contributed by atoms with E-state index in [4.69, 9.17) is 0 Å². The molecule has 1 saturated carbocycles. The normalized spacial score (nSPS) is 21.8. The van der Waals surface area contributed by atoms with E-state index in [2.05, 4.69) is 47.1 Å². The lowest BCUT2D eigenvalue weighted by molar-refractivity contribution is -0.138. The zero-order chi connectivity index (χ0) is 17.6. The molecule has 1 aromatic carbocycles. The molecule has 0 bridgehead atoms. The number of nitrogens with zero attached hydrogens (tertiary/aromatic N) is 3. The molecule has 3 rings (SSSR count). The average Bonchev–Trinajstić information content (AvgIpc) is 2.68. The minimum atomic E-state index is 0.00537. The second-order valence-corrected chi connectivity index (χ2v) is 7.71. The third-order valence-electron chi connectivity index (χ3n) is 6.03. The van der Waals surface area contributed by atoms with Gasteiger partial charge in [-0.1, -0.05) is 49.6 Å². The van der Waals surface area contributed by atoms with E-state index in [0.717, 1.165) is 32.7 Å². The Morgan fingerprint density at radius 3 is 2.36 bits per heavy atom. The van der Waals surface area contributed by atoms with Gasteiger partial charge in [-0.25, -0.2) is 0 Å². The Bertz CT molecular complexity index is 533. The van der Waals surface area contributed by atoms with Gasteiger partial charge in [0.15, 0.2) is 0 Å². The number of piperazine rings is 1. The van der Waals surface area contributed by atoms with Crippen LogP contribution in [-0.4, -0.2) is 65.9 Å². The summed E-state index contributed by atoms with van der Waals surface area (Å²) in [5, 5.41) is 0. The van der Waals surface area contributed by atoms with Crippen molar-refractivity contribution < 1.29 is 4.79 Å². The zero-order valence-electron chi connectivity index (χ0n) is 15.9. The van der Waals surface area contributed by atoms with Gasteiger partial charge in [-0.15, -0.1) is 0 Å². The Kier molecular flexibility index (Phi) is 6.49. The van der Waals surface area contributed by atoms with Crippen molar-refractivity contribution in [3.05, 3.63) is 35.9 Å². The third-order valence-corrected chi connectivity index (χ3v) is 6.03. The van der Waals surface area contributed by atoms with Gasteiger partial charge in [0, 0.05) is 45.8 Å². The molecule has 1 amide bonds. The summed E-state index contributed by atoms with van der Waals surface area (Å²) in [6.45, 7) is 7.16. The van der Waals surface area contributed by atoms with Gasteiger partial charge in [0.25, 0.3) is 0 Å².